The minimum Gasteiger partial charge on any atom is -0.408 e. The number of nitrogens with zero attached hydrogens (tertiary/aromatic N) is 1. The largest absolute Gasteiger partial charge is 0.419 e. The number of sulfone groups is 1. The zero-order valence-corrected chi connectivity index (χ0v) is 13.2. The molecule has 0 N–H and O–H groups in total. The van der Waals surface area contributed by atoms with Crippen molar-refractivity contribution in [2.24, 2.45) is 7.05 Å². The number of fused-ring (bicyclic) bond motifs is 1. The van der Waals surface area contributed by atoms with Gasteiger partial charge in [-0.15, -0.1) is 0 Å². The highest BCUT2D eigenvalue weighted by Crippen LogP contribution is 2.24. The van der Waals surface area contributed by atoms with Crippen molar-refractivity contribution in [1.29, 1.82) is 0 Å². The van der Waals surface area contributed by atoms with Crippen LogP contribution in [0, 0.1) is 0 Å². The van der Waals surface area contributed by atoms with Crippen molar-refractivity contribution in [3.8, 4) is 0 Å². The molecule has 0 amide bonds. The summed E-state index contributed by atoms with van der Waals surface area (Å²) in [6, 6.07) is 11.2. The van der Waals surface area contributed by atoms with E-state index in [0.29, 0.717) is 16.1 Å². The van der Waals surface area contributed by atoms with Gasteiger partial charge in [-0.2, -0.15) is 0 Å². The molecule has 3 aromatic rings. The lowest BCUT2D eigenvalue weighted by molar-refractivity contribution is 0.527. The zero-order chi connectivity index (χ0) is 15.9. The average molecular weight is 338 g/mol. The van der Waals surface area contributed by atoms with E-state index in [1.54, 1.807) is 37.4 Å². The van der Waals surface area contributed by atoms with Gasteiger partial charge in [-0.1, -0.05) is 29.8 Å². The highest BCUT2D eigenvalue weighted by Gasteiger charge is 2.19. The first-order valence-electron chi connectivity index (χ1n) is 6.44. The highest BCUT2D eigenvalue weighted by molar-refractivity contribution is 7.90. The van der Waals surface area contributed by atoms with Crippen LogP contribution in [0.2, 0.25) is 5.02 Å². The van der Waals surface area contributed by atoms with Crippen molar-refractivity contribution < 1.29 is 12.8 Å². The summed E-state index contributed by atoms with van der Waals surface area (Å²) in [5.41, 5.74) is 1.31. The van der Waals surface area contributed by atoms with Gasteiger partial charge in [0.15, 0.2) is 15.4 Å². The lowest BCUT2D eigenvalue weighted by atomic mass is 10.2. The number of oxazole rings is 1. The maximum atomic E-state index is 12.5. The summed E-state index contributed by atoms with van der Waals surface area (Å²) in [4.78, 5) is 11.6. The van der Waals surface area contributed by atoms with Gasteiger partial charge in [0.25, 0.3) is 0 Å². The number of benzene rings is 2. The topological polar surface area (TPSA) is 69.3 Å². The first-order chi connectivity index (χ1) is 10.4. The van der Waals surface area contributed by atoms with Gasteiger partial charge in [0.1, 0.15) is 0 Å². The zero-order valence-electron chi connectivity index (χ0n) is 11.6. The predicted molar refractivity (Wildman–Crippen MR) is 83.8 cm³/mol. The quantitative estimate of drug-likeness (QED) is 0.737. The summed E-state index contributed by atoms with van der Waals surface area (Å²) in [6.07, 6.45) is 0. The van der Waals surface area contributed by atoms with Crippen LogP contribution in [-0.4, -0.2) is 13.0 Å². The van der Waals surface area contributed by atoms with Crippen molar-refractivity contribution in [2.75, 3.05) is 0 Å². The maximum absolute atomic E-state index is 12.5. The molecule has 3 rings (SSSR count). The third kappa shape index (κ3) is 2.55. The molecule has 0 unspecified atom stereocenters. The van der Waals surface area contributed by atoms with Crippen LogP contribution in [0.3, 0.4) is 0 Å². The van der Waals surface area contributed by atoms with Crippen LogP contribution in [0.25, 0.3) is 11.1 Å². The number of rotatable bonds is 3. The van der Waals surface area contributed by atoms with Gasteiger partial charge in [-0.05, 0) is 23.8 Å². The molecule has 0 saturated heterocycles. The van der Waals surface area contributed by atoms with Gasteiger partial charge in [-0.25, -0.2) is 13.2 Å². The van der Waals surface area contributed by atoms with E-state index in [1.165, 1.54) is 16.7 Å². The molecule has 1 heterocycles. The van der Waals surface area contributed by atoms with E-state index in [1.807, 2.05) is 0 Å². The summed E-state index contributed by atoms with van der Waals surface area (Å²) in [5, 5.41) is 0.401. The molecule has 0 radical (unpaired) electrons. The minimum atomic E-state index is -3.59. The SMILES string of the molecule is Cn1c(=O)oc2cc(S(=O)(=O)Cc3ccccc3Cl)ccc21. The van der Waals surface area contributed by atoms with Crippen LogP contribution in [0.5, 0.6) is 0 Å². The lowest BCUT2D eigenvalue weighted by Gasteiger charge is -2.06. The Labute approximate surface area is 131 Å². The fraction of sp³-hybridized carbons (Fsp3) is 0.133. The molecule has 0 fully saturated rings. The van der Waals surface area contributed by atoms with Gasteiger partial charge < -0.3 is 4.42 Å². The van der Waals surface area contributed by atoms with E-state index < -0.39 is 15.6 Å². The third-order valence-electron chi connectivity index (χ3n) is 3.43. The number of aromatic nitrogens is 1. The summed E-state index contributed by atoms with van der Waals surface area (Å²) in [6.45, 7) is 0. The second kappa shape index (κ2) is 5.30. The van der Waals surface area contributed by atoms with Crippen molar-refractivity contribution >= 4 is 32.5 Å². The van der Waals surface area contributed by atoms with E-state index in [2.05, 4.69) is 0 Å². The molecule has 0 aliphatic carbocycles. The molecule has 114 valence electrons. The monoisotopic (exact) mass is 337 g/mol. The van der Waals surface area contributed by atoms with Crippen LogP contribution in [0.4, 0.5) is 0 Å². The maximum Gasteiger partial charge on any atom is 0.419 e. The lowest BCUT2D eigenvalue weighted by Crippen LogP contribution is -2.08. The molecule has 0 bridgehead atoms. The molecule has 7 heteroatoms. The van der Waals surface area contributed by atoms with Crippen LogP contribution in [0.1, 0.15) is 5.56 Å². The van der Waals surface area contributed by atoms with Gasteiger partial charge in [0.05, 0.1) is 16.2 Å². The highest BCUT2D eigenvalue weighted by atomic mass is 35.5. The Balaban J connectivity index is 2.06. The molecule has 0 aliphatic rings. The molecule has 0 spiro atoms. The van der Waals surface area contributed by atoms with Crippen LogP contribution in [0.15, 0.2) is 56.6 Å². The smallest absolute Gasteiger partial charge is 0.408 e. The average Bonchev–Trinajstić information content (AvgIpc) is 2.76. The molecule has 5 nitrogen and oxygen atoms in total. The van der Waals surface area contributed by atoms with Crippen LogP contribution < -0.4 is 5.76 Å². The minimum absolute atomic E-state index is 0.0919. The second-order valence-corrected chi connectivity index (χ2v) is 7.30. The first kappa shape index (κ1) is 14.9. The molecular formula is C15H12ClNO4S. The predicted octanol–water partition coefficient (Wildman–Crippen LogP) is 2.76. The summed E-state index contributed by atoms with van der Waals surface area (Å²) < 4.78 is 31.4. The van der Waals surface area contributed by atoms with Crippen molar-refractivity contribution in [1.82, 2.24) is 4.57 Å². The Morgan fingerprint density at radius 1 is 1.18 bits per heavy atom. The second-order valence-electron chi connectivity index (χ2n) is 4.91. The molecule has 22 heavy (non-hydrogen) atoms. The normalized spacial score (nSPS) is 11.9. The van der Waals surface area contributed by atoms with Crippen molar-refractivity contribution in [2.45, 2.75) is 10.6 Å². The number of aryl methyl sites for hydroxylation is 1. The third-order valence-corrected chi connectivity index (χ3v) is 5.46. The Kier molecular flexibility index (Phi) is 3.58. The number of hydrogen-bond donors (Lipinski definition) is 0. The Bertz CT molecular complexity index is 1020. The van der Waals surface area contributed by atoms with Gasteiger partial charge in [-0.3, -0.25) is 4.57 Å². The van der Waals surface area contributed by atoms with Crippen LogP contribution >= 0.6 is 11.6 Å². The van der Waals surface area contributed by atoms with Crippen molar-refractivity contribution in [3.63, 3.8) is 0 Å². The first-order valence-corrected chi connectivity index (χ1v) is 8.47. The molecule has 0 saturated carbocycles. The number of hydrogen-bond acceptors (Lipinski definition) is 4. The standard InChI is InChI=1S/C15H12ClNO4S/c1-17-13-7-6-11(8-14(13)21-15(17)18)22(19,20)9-10-4-2-3-5-12(10)16/h2-8H,9H2,1H3. The van der Waals surface area contributed by atoms with Crippen LogP contribution in [-0.2, 0) is 22.6 Å². The van der Waals surface area contributed by atoms with E-state index in [0.717, 1.165) is 0 Å². The Morgan fingerprint density at radius 3 is 2.64 bits per heavy atom. The summed E-state index contributed by atoms with van der Waals surface area (Å²) >= 11 is 6.01. The van der Waals surface area contributed by atoms with E-state index in [-0.39, 0.29) is 16.2 Å². The number of halogens is 1. The van der Waals surface area contributed by atoms with Crippen molar-refractivity contribution in [3.05, 3.63) is 63.6 Å². The van der Waals surface area contributed by atoms with Gasteiger partial charge in [0.2, 0.25) is 0 Å². The fourth-order valence-electron chi connectivity index (χ4n) is 2.21. The fourth-order valence-corrected chi connectivity index (χ4v) is 3.88. The molecule has 2 aromatic carbocycles. The summed E-state index contributed by atoms with van der Waals surface area (Å²) in [7, 11) is -2.03. The van der Waals surface area contributed by atoms with Gasteiger partial charge >= 0.3 is 5.76 Å². The Hall–Kier alpha value is -2.05. The molecular weight excluding hydrogens is 326 g/mol. The molecule has 0 aliphatic heterocycles. The summed E-state index contributed by atoms with van der Waals surface area (Å²) in [5.74, 6) is -0.745. The Morgan fingerprint density at radius 2 is 1.91 bits per heavy atom. The van der Waals surface area contributed by atoms with E-state index >= 15 is 0 Å². The molecule has 0 atom stereocenters. The van der Waals surface area contributed by atoms with E-state index in [4.69, 9.17) is 16.0 Å². The van der Waals surface area contributed by atoms with E-state index in [9.17, 15) is 13.2 Å². The molecule has 1 aromatic heterocycles. The van der Waals surface area contributed by atoms with Gasteiger partial charge in [0, 0.05) is 18.1 Å².